The van der Waals surface area contributed by atoms with E-state index in [0.29, 0.717) is 65.4 Å². The first-order valence-corrected chi connectivity index (χ1v) is 20.1. The molecule has 1 aromatic heterocycles. The number of ketones is 1. The van der Waals surface area contributed by atoms with Crippen LogP contribution in [0.3, 0.4) is 0 Å². The van der Waals surface area contributed by atoms with Crippen molar-refractivity contribution in [2.75, 3.05) is 64.2 Å². The smallest absolute Gasteiger partial charge is 0.220 e. The lowest BCUT2D eigenvalue weighted by atomic mass is 10.1. The van der Waals surface area contributed by atoms with Gasteiger partial charge in [0.05, 0.1) is 39.6 Å². The zero-order valence-corrected chi connectivity index (χ0v) is 32.4. The van der Waals surface area contributed by atoms with Crippen molar-refractivity contribution in [2.24, 2.45) is 0 Å². The molecule has 286 valence electrons. The van der Waals surface area contributed by atoms with Gasteiger partial charge in [-0.05, 0) is 42.5 Å². The quantitative estimate of drug-likeness (QED) is 0.0591. The summed E-state index contributed by atoms with van der Waals surface area (Å²) in [6, 6.07) is 13.2. The molecule has 2 aromatic rings. The van der Waals surface area contributed by atoms with Crippen molar-refractivity contribution in [1.82, 2.24) is 5.32 Å². The Labute approximate surface area is 310 Å². The highest BCUT2D eigenvalue weighted by molar-refractivity contribution is 5.78. The van der Waals surface area contributed by atoms with E-state index in [1.54, 1.807) is 0 Å². The summed E-state index contributed by atoms with van der Waals surface area (Å²) in [6.45, 7) is 13.1. The summed E-state index contributed by atoms with van der Waals surface area (Å²) < 4.78 is 18.6. The van der Waals surface area contributed by atoms with Crippen LogP contribution in [0.25, 0.3) is 12.2 Å². The number of aryl methyl sites for hydroxylation is 1. The zero-order chi connectivity index (χ0) is 36.6. The monoisotopic (exact) mass is 709 g/mol. The number of anilines is 1. The van der Waals surface area contributed by atoms with E-state index in [2.05, 4.69) is 96.5 Å². The topological polar surface area (TPSA) is 81.0 Å². The number of aromatic nitrogens is 1. The first-order chi connectivity index (χ1) is 25.0. The zero-order valence-electron chi connectivity index (χ0n) is 32.4. The standard InChI is InChI=1S/C43H69N3O5/c1-4-7-10-13-29-46(30-14-11-8-5-2)41-22-20-39(21-23-41)18-19-40-24-31-45(32-25-40)28-15-17-43(48)44-27-34-50-36-38-51-37-35-49-33-26-42(47)16-12-9-6-3/h18-25,31-32H,4-17,26-30,33-38H2,1-3H3/p+1. The Hall–Kier alpha value is -3.07. The van der Waals surface area contributed by atoms with Crippen molar-refractivity contribution in [3.8, 4) is 0 Å². The summed E-state index contributed by atoms with van der Waals surface area (Å²) in [6.07, 6.45) is 24.4. The number of nitrogens with zero attached hydrogens (tertiary/aromatic N) is 2. The molecule has 0 atom stereocenters. The number of carbonyl (C=O) groups excluding carboxylic acids is 2. The molecular formula is C43H70N3O5+. The van der Waals surface area contributed by atoms with Crippen LogP contribution in [-0.2, 0) is 30.3 Å². The molecule has 0 aliphatic carbocycles. The Balaban J connectivity index is 1.55. The molecule has 0 saturated carbocycles. The third-order valence-electron chi connectivity index (χ3n) is 8.92. The van der Waals surface area contributed by atoms with E-state index in [9.17, 15) is 9.59 Å². The van der Waals surface area contributed by atoms with Gasteiger partial charge in [-0.1, -0.05) is 96.4 Å². The van der Waals surface area contributed by atoms with Gasteiger partial charge in [0.25, 0.3) is 0 Å². The number of rotatable bonds is 33. The number of carbonyl (C=O) groups is 2. The number of nitrogens with one attached hydrogen (secondary N) is 1. The Morgan fingerprint density at radius 1 is 0.608 bits per heavy atom. The molecule has 0 aliphatic rings. The Bertz CT molecular complexity index is 1160. The van der Waals surface area contributed by atoms with Crippen molar-refractivity contribution in [3.05, 3.63) is 59.9 Å². The number of Topliss-reactive ketones (excluding diaryl/α,β-unsaturated/α-hetero) is 1. The van der Waals surface area contributed by atoms with Crippen molar-refractivity contribution < 1.29 is 28.4 Å². The van der Waals surface area contributed by atoms with Crippen LogP contribution in [0.4, 0.5) is 5.69 Å². The van der Waals surface area contributed by atoms with Crippen LogP contribution in [0.1, 0.15) is 128 Å². The normalized spacial score (nSPS) is 11.4. The van der Waals surface area contributed by atoms with Gasteiger partial charge in [-0.15, -0.1) is 0 Å². The average molecular weight is 709 g/mol. The highest BCUT2D eigenvalue weighted by Crippen LogP contribution is 2.19. The van der Waals surface area contributed by atoms with Crippen LogP contribution in [0, 0.1) is 0 Å². The predicted octanol–water partition coefficient (Wildman–Crippen LogP) is 8.60. The van der Waals surface area contributed by atoms with Crippen molar-refractivity contribution >= 4 is 29.5 Å². The van der Waals surface area contributed by atoms with Crippen LogP contribution >= 0.6 is 0 Å². The molecular weight excluding hydrogens is 638 g/mol. The first-order valence-electron chi connectivity index (χ1n) is 20.1. The lowest BCUT2D eigenvalue weighted by Gasteiger charge is -2.25. The predicted molar refractivity (Wildman–Crippen MR) is 211 cm³/mol. The maximum Gasteiger partial charge on any atom is 0.220 e. The van der Waals surface area contributed by atoms with Gasteiger partial charge in [-0.3, -0.25) is 9.59 Å². The maximum atomic E-state index is 12.2. The molecule has 0 bridgehead atoms. The van der Waals surface area contributed by atoms with Gasteiger partial charge in [-0.2, -0.15) is 0 Å². The number of unbranched alkanes of at least 4 members (excludes halogenated alkanes) is 8. The molecule has 0 spiro atoms. The number of hydrogen-bond donors (Lipinski definition) is 1. The number of amides is 1. The second-order valence-corrected chi connectivity index (χ2v) is 13.4. The first kappa shape index (κ1) is 44.1. The van der Waals surface area contributed by atoms with Crippen LogP contribution in [0.15, 0.2) is 48.8 Å². The molecule has 0 unspecified atom stereocenters. The molecule has 0 aliphatic heterocycles. The lowest BCUT2D eigenvalue weighted by molar-refractivity contribution is -0.697. The molecule has 8 heteroatoms. The van der Waals surface area contributed by atoms with Crippen LogP contribution in [0.2, 0.25) is 0 Å². The van der Waals surface area contributed by atoms with Crippen molar-refractivity contribution in [3.63, 3.8) is 0 Å². The molecule has 8 nitrogen and oxygen atoms in total. The van der Waals surface area contributed by atoms with Gasteiger partial charge >= 0.3 is 0 Å². The number of pyridine rings is 1. The summed E-state index contributed by atoms with van der Waals surface area (Å²) >= 11 is 0. The van der Waals surface area contributed by atoms with Gasteiger partial charge in [0.1, 0.15) is 12.3 Å². The highest BCUT2D eigenvalue weighted by Gasteiger charge is 2.08. The highest BCUT2D eigenvalue weighted by atomic mass is 16.5. The number of ether oxygens (including phenoxy) is 3. The van der Waals surface area contributed by atoms with E-state index in [4.69, 9.17) is 14.2 Å². The van der Waals surface area contributed by atoms with Crippen molar-refractivity contribution in [2.45, 2.75) is 124 Å². The largest absolute Gasteiger partial charge is 0.379 e. The van der Waals surface area contributed by atoms with E-state index in [1.165, 1.54) is 62.6 Å². The minimum absolute atomic E-state index is 0.0399. The Morgan fingerprint density at radius 3 is 1.76 bits per heavy atom. The summed E-state index contributed by atoms with van der Waals surface area (Å²) in [7, 11) is 0. The van der Waals surface area contributed by atoms with Crippen molar-refractivity contribution in [1.29, 1.82) is 0 Å². The third-order valence-corrected chi connectivity index (χ3v) is 8.92. The fraction of sp³-hybridized carbons (Fsp3) is 0.651. The fourth-order valence-corrected chi connectivity index (χ4v) is 5.74. The van der Waals surface area contributed by atoms with Crippen LogP contribution in [0.5, 0.6) is 0 Å². The van der Waals surface area contributed by atoms with Crippen LogP contribution < -0.4 is 14.8 Å². The molecule has 51 heavy (non-hydrogen) atoms. The molecule has 0 saturated heterocycles. The summed E-state index contributed by atoms with van der Waals surface area (Å²) in [5.74, 6) is 0.316. The lowest BCUT2D eigenvalue weighted by Crippen LogP contribution is -2.34. The molecule has 2 rings (SSSR count). The van der Waals surface area contributed by atoms with E-state index in [1.807, 2.05) is 0 Å². The van der Waals surface area contributed by atoms with Gasteiger partial charge in [0.2, 0.25) is 5.91 Å². The van der Waals surface area contributed by atoms with Gasteiger partial charge in [0.15, 0.2) is 12.4 Å². The summed E-state index contributed by atoms with van der Waals surface area (Å²) in [5, 5.41) is 2.92. The minimum atomic E-state index is 0.0399. The second-order valence-electron chi connectivity index (χ2n) is 13.4. The maximum absolute atomic E-state index is 12.2. The fourth-order valence-electron chi connectivity index (χ4n) is 5.74. The van der Waals surface area contributed by atoms with Gasteiger partial charge in [-0.25, -0.2) is 4.57 Å². The van der Waals surface area contributed by atoms with Gasteiger partial charge < -0.3 is 24.4 Å². The Morgan fingerprint density at radius 2 is 1.16 bits per heavy atom. The molecule has 0 radical (unpaired) electrons. The summed E-state index contributed by atoms with van der Waals surface area (Å²) in [5.41, 5.74) is 3.69. The van der Waals surface area contributed by atoms with E-state index in [-0.39, 0.29) is 11.7 Å². The van der Waals surface area contributed by atoms with E-state index >= 15 is 0 Å². The van der Waals surface area contributed by atoms with E-state index < -0.39 is 0 Å². The van der Waals surface area contributed by atoms with Crippen LogP contribution in [-0.4, -0.2) is 71.0 Å². The molecule has 1 aromatic carbocycles. The summed E-state index contributed by atoms with van der Waals surface area (Å²) in [4.78, 5) is 26.5. The molecule has 0 fully saturated rings. The SMILES string of the molecule is CCCCCCN(CCCCCC)c1ccc(/C=C/c2cc[n+](CCCC(=O)NCCOCCOCCOCCC(=O)CCCCC)cc2)cc1. The Kier molecular flexibility index (Phi) is 26.4. The third kappa shape index (κ3) is 23.2. The van der Waals surface area contributed by atoms with Gasteiger partial charge in [0, 0.05) is 63.1 Å². The molecule has 1 amide bonds. The average Bonchev–Trinajstić information content (AvgIpc) is 3.14. The minimum Gasteiger partial charge on any atom is -0.379 e. The second kappa shape index (κ2) is 30.5. The molecule has 1 heterocycles. The number of benzene rings is 1. The van der Waals surface area contributed by atoms with E-state index in [0.717, 1.165) is 50.9 Å². The number of hydrogen-bond acceptors (Lipinski definition) is 6. The molecule has 1 N–H and O–H groups in total.